The zero-order chi connectivity index (χ0) is 18.5. The van der Waals surface area contributed by atoms with Crippen molar-refractivity contribution in [3.63, 3.8) is 0 Å². The number of fused-ring (bicyclic) bond motifs is 1. The summed E-state index contributed by atoms with van der Waals surface area (Å²) in [6, 6.07) is 2.44. The molecule has 0 aromatic carbocycles. The maximum atomic E-state index is 9.78. The van der Waals surface area contributed by atoms with Crippen molar-refractivity contribution in [2.45, 2.75) is 31.9 Å². The highest BCUT2D eigenvalue weighted by Crippen LogP contribution is 2.25. The molecule has 26 heavy (non-hydrogen) atoms. The Morgan fingerprint density at radius 1 is 1.31 bits per heavy atom. The van der Waals surface area contributed by atoms with Crippen LogP contribution in [0.2, 0.25) is 0 Å². The molecule has 0 saturated carbocycles. The maximum absolute atomic E-state index is 9.78. The third-order valence-electron chi connectivity index (χ3n) is 5.32. The van der Waals surface area contributed by atoms with Crippen molar-refractivity contribution in [2.75, 3.05) is 64.6 Å². The van der Waals surface area contributed by atoms with Crippen molar-refractivity contribution in [3.05, 3.63) is 16.7 Å². The van der Waals surface area contributed by atoms with Gasteiger partial charge in [0, 0.05) is 13.0 Å². The Balaban J connectivity index is 1.86. The van der Waals surface area contributed by atoms with E-state index in [1.54, 1.807) is 0 Å². The molecule has 1 unspecified atom stereocenters. The molecule has 2 aliphatic rings. The van der Waals surface area contributed by atoms with Crippen LogP contribution in [0.4, 0.5) is 11.6 Å². The number of H-pyrrole nitrogens is 1. The number of quaternary nitrogens is 2. The number of anilines is 2. The second-order valence-corrected chi connectivity index (χ2v) is 7.85. The van der Waals surface area contributed by atoms with E-state index >= 15 is 0 Å². The van der Waals surface area contributed by atoms with Crippen LogP contribution in [0, 0.1) is 11.3 Å². The number of likely N-dealkylation sites (N-methyl/N-ethyl adjacent to an activating group) is 2. The van der Waals surface area contributed by atoms with E-state index in [1.807, 2.05) is 0 Å². The molecule has 2 atom stereocenters. The van der Waals surface area contributed by atoms with Crippen LogP contribution in [0.1, 0.15) is 29.5 Å². The van der Waals surface area contributed by atoms with Gasteiger partial charge in [0.1, 0.15) is 31.3 Å². The van der Waals surface area contributed by atoms with Gasteiger partial charge in [-0.05, 0) is 18.4 Å². The Bertz CT molecular complexity index is 663. The van der Waals surface area contributed by atoms with E-state index < -0.39 is 0 Å². The van der Waals surface area contributed by atoms with Gasteiger partial charge in [-0.15, -0.1) is 0 Å². The molecule has 7 nitrogen and oxygen atoms in total. The molecule has 3 rings (SSSR count). The van der Waals surface area contributed by atoms with Crippen LogP contribution >= 0.6 is 0 Å². The van der Waals surface area contributed by atoms with Crippen molar-refractivity contribution in [3.8, 4) is 6.07 Å². The lowest BCUT2D eigenvalue weighted by Crippen LogP contribution is -3.08. The Hall–Kier alpha value is -1.88. The fourth-order valence-corrected chi connectivity index (χ4v) is 3.78. The SMILES string of the molecule is C[NH+](C)CCNc1[nH+]c(NC[C@@H]2CCCO2)c2c(c1C#N)CC[NH+](C)C2. The summed E-state index contributed by atoms with van der Waals surface area (Å²) in [7, 11) is 6.48. The average molecular weight is 362 g/mol. The first-order chi connectivity index (χ1) is 12.6. The van der Waals surface area contributed by atoms with Crippen molar-refractivity contribution < 1.29 is 19.5 Å². The number of nitrogens with one attached hydrogen (secondary N) is 5. The van der Waals surface area contributed by atoms with Crippen LogP contribution in [0.25, 0.3) is 0 Å². The monoisotopic (exact) mass is 361 g/mol. The molecular weight excluding hydrogens is 328 g/mol. The van der Waals surface area contributed by atoms with E-state index in [9.17, 15) is 5.26 Å². The Labute approximate surface area is 156 Å². The van der Waals surface area contributed by atoms with Gasteiger partial charge in [0.25, 0.3) is 0 Å². The number of aromatic nitrogens is 1. The molecule has 5 N–H and O–H groups in total. The number of ether oxygens (including phenoxy) is 1. The number of pyridine rings is 1. The predicted octanol–water partition coefficient (Wildman–Crippen LogP) is -1.91. The lowest BCUT2D eigenvalue weighted by Gasteiger charge is -2.25. The summed E-state index contributed by atoms with van der Waals surface area (Å²) in [5.41, 5.74) is 3.24. The highest BCUT2D eigenvalue weighted by Gasteiger charge is 2.29. The molecule has 0 aliphatic carbocycles. The minimum absolute atomic E-state index is 0.289. The quantitative estimate of drug-likeness (QED) is 0.457. The van der Waals surface area contributed by atoms with E-state index in [2.05, 4.69) is 42.8 Å². The second kappa shape index (κ2) is 8.67. The van der Waals surface area contributed by atoms with Crippen molar-refractivity contribution >= 4 is 11.6 Å². The maximum Gasteiger partial charge on any atom is 0.237 e. The number of aromatic amines is 1. The minimum Gasteiger partial charge on any atom is -0.375 e. The summed E-state index contributed by atoms with van der Waals surface area (Å²) in [6.07, 6.45) is 3.50. The van der Waals surface area contributed by atoms with Gasteiger partial charge in [0.15, 0.2) is 0 Å². The van der Waals surface area contributed by atoms with Crippen LogP contribution in [0.5, 0.6) is 0 Å². The fraction of sp³-hybridized carbons (Fsp3) is 0.684. The normalized spacial score (nSPS) is 22.1. The summed E-state index contributed by atoms with van der Waals surface area (Å²) in [5.74, 6) is 1.90. The molecule has 0 spiro atoms. The van der Waals surface area contributed by atoms with Gasteiger partial charge in [0.2, 0.25) is 11.6 Å². The zero-order valence-corrected chi connectivity index (χ0v) is 16.3. The number of hydrogen-bond donors (Lipinski definition) is 4. The van der Waals surface area contributed by atoms with Crippen molar-refractivity contribution in [2.24, 2.45) is 0 Å². The predicted molar refractivity (Wildman–Crippen MR) is 101 cm³/mol. The van der Waals surface area contributed by atoms with E-state index in [0.717, 1.165) is 75.8 Å². The van der Waals surface area contributed by atoms with Gasteiger partial charge in [0.05, 0.1) is 45.9 Å². The molecular formula is C19H33N6O+3. The molecule has 1 saturated heterocycles. The summed E-state index contributed by atoms with van der Waals surface area (Å²) in [5, 5.41) is 16.8. The number of nitrogens with zero attached hydrogens (tertiary/aromatic N) is 1. The standard InChI is InChI=1S/C19H30N6O/c1-24(2)9-7-21-18-16(11-20)15-6-8-25(3)13-17(15)19(23-18)22-12-14-5-4-10-26-14/h14H,4-10,12-13H2,1-3H3,(H2,21,22,23)/p+3/t14-/m0/s1. The van der Waals surface area contributed by atoms with Gasteiger partial charge in [-0.25, -0.2) is 4.98 Å². The van der Waals surface area contributed by atoms with E-state index in [0.29, 0.717) is 0 Å². The lowest BCUT2D eigenvalue weighted by molar-refractivity contribution is -0.895. The van der Waals surface area contributed by atoms with Gasteiger partial charge in [-0.3, -0.25) is 5.32 Å². The molecule has 2 aliphatic heterocycles. The van der Waals surface area contributed by atoms with E-state index in [4.69, 9.17) is 4.74 Å². The fourth-order valence-electron chi connectivity index (χ4n) is 3.78. The first-order valence-corrected chi connectivity index (χ1v) is 9.79. The van der Waals surface area contributed by atoms with Gasteiger partial charge in [-0.2, -0.15) is 5.26 Å². The lowest BCUT2D eigenvalue weighted by atomic mass is 9.96. The summed E-state index contributed by atoms with van der Waals surface area (Å²) < 4.78 is 5.75. The van der Waals surface area contributed by atoms with Crippen LogP contribution in [-0.2, 0) is 17.7 Å². The summed E-state index contributed by atoms with van der Waals surface area (Å²) >= 11 is 0. The third-order valence-corrected chi connectivity index (χ3v) is 5.32. The van der Waals surface area contributed by atoms with Crippen molar-refractivity contribution in [1.29, 1.82) is 5.26 Å². The topological polar surface area (TPSA) is 80.1 Å². The molecule has 0 bridgehead atoms. The number of rotatable bonds is 7. The Kier molecular flexibility index (Phi) is 6.30. The number of nitriles is 1. The average Bonchev–Trinajstić information content (AvgIpc) is 3.13. The zero-order valence-electron chi connectivity index (χ0n) is 16.3. The van der Waals surface area contributed by atoms with Crippen LogP contribution in [0.3, 0.4) is 0 Å². The summed E-state index contributed by atoms with van der Waals surface area (Å²) in [6.45, 7) is 5.53. The van der Waals surface area contributed by atoms with Gasteiger partial charge < -0.3 is 19.9 Å². The van der Waals surface area contributed by atoms with Crippen LogP contribution in [0.15, 0.2) is 0 Å². The largest absolute Gasteiger partial charge is 0.375 e. The third kappa shape index (κ3) is 4.44. The smallest absolute Gasteiger partial charge is 0.237 e. The van der Waals surface area contributed by atoms with Gasteiger partial charge in [-0.1, -0.05) is 0 Å². The van der Waals surface area contributed by atoms with Crippen LogP contribution in [-0.4, -0.2) is 60.0 Å². The highest BCUT2D eigenvalue weighted by molar-refractivity contribution is 5.60. The van der Waals surface area contributed by atoms with Crippen LogP contribution < -0.4 is 25.4 Å². The molecule has 1 fully saturated rings. The molecule has 142 valence electrons. The molecule has 1 aromatic heterocycles. The highest BCUT2D eigenvalue weighted by atomic mass is 16.5. The molecule has 3 heterocycles. The second-order valence-electron chi connectivity index (χ2n) is 7.85. The summed E-state index contributed by atoms with van der Waals surface area (Å²) in [4.78, 5) is 6.35. The first-order valence-electron chi connectivity index (χ1n) is 9.79. The van der Waals surface area contributed by atoms with E-state index in [-0.39, 0.29) is 6.10 Å². The first kappa shape index (κ1) is 18.9. The molecule has 0 radical (unpaired) electrons. The Morgan fingerprint density at radius 2 is 2.15 bits per heavy atom. The van der Waals surface area contributed by atoms with E-state index in [1.165, 1.54) is 20.9 Å². The number of hydrogen-bond acceptors (Lipinski definition) is 4. The minimum atomic E-state index is 0.289. The molecule has 7 heteroatoms. The molecule has 1 aromatic rings. The van der Waals surface area contributed by atoms with Crippen molar-refractivity contribution in [1.82, 2.24) is 0 Å². The molecule has 0 amide bonds. The Morgan fingerprint density at radius 3 is 2.85 bits per heavy atom. The van der Waals surface area contributed by atoms with Gasteiger partial charge >= 0.3 is 0 Å².